The van der Waals surface area contributed by atoms with Crippen LogP contribution in [0.5, 0.6) is 0 Å². The van der Waals surface area contributed by atoms with Crippen molar-refractivity contribution in [3.8, 4) is 0 Å². The summed E-state index contributed by atoms with van der Waals surface area (Å²) >= 11 is 8.50. The van der Waals surface area contributed by atoms with Crippen molar-refractivity contribution in [2.75, 3.05) is 58.1 Å². The van der Waals surface area contributed by atoms with Gasteiger partial charge in [0.1, 0.15) is 12.5 Å². The van der Waals surface area contributed by atoms with Gasteiger partial charge in [-0.1, -0.05) is 12.1 Å². The van der Waals surface area contributed by atoms with Gasteiger partial charge in [-0.25, -0.2) is 4.39 Å². The van der Waals surface area contributed by atoms with Crippen LogP contribution < -0.4 is 10.6 Å². The fraction of sp³-hybridized carbons (Fsp3) is 0.680. The number of nitrogens with zero attached hydrogens (tertiary/aromatic N) is 2. The number of ether oxygens (including phenoxy) is 1. The number of amides is 2. The number of thiol groups is 2. The molecule has 2 heterocycles. The molecule has 4 atom stereocenters. The third-order valence-corrected chi connectivity index (χ3v) is 7.59. The summed E-state index contributed by atoms with van der Waals surface area (Å²) in [7, 11) is 1.56. The Kier molecular flexibility index (Phi) is 16.5. The van der Waals surface area contributed by atoms with Crippen molar-refractivity contribution in [2.24, 2.45) is 5.92 Å². The molecule has 1 aromatic carbocycles. The first kappa shape index (κ1) is 34.3. The number of benzene rings is 1. The molecule has 2 N–H and O–H groups in total. The van der Waals surface area contributed by atoms with Gasteiger partial charge < -0.3 is 20.8 Å². The van der Waals surface area contributed by atoms with E-state index in [1.54, 1.807) is 7.11 Å². The van der Waals surface area contributed by atoms with Crippen molar-refractivity contribution in [3.05, 3.63) is 35.6 Å². The van der Waals surface area contributed by atoms with E-state index in [0.29, 0.717) is 30.6 Å². The molecule has 8 nitrogen and oxygen atoms in total. The Hall–Kier alpha value is -0.721. The molecule has 37 heavy (non-hydrogen) atoms. The van der Waals surface area contributed by atoms with Crippen LogP contribution in [0.3, 0.4) is 0 Å². The molecule has 206 valence electrons. The molecule has 2 amide bonds. The van der Waals surface area contributed by atoms with Crippen molar-refractivity contribution in [3.63, 3.8) is 0 Å². The molecule has 0 spiro atoms. The summed E-state index contributed by atoms with van der Waals surface area (Å²) in [6.45, 7) is 3.52. The standard InChI is InChI=1S/C25H39FN4O3S2.O.Tc/c1-33-17-28-25(32)24-21(18-3-5-19(26)6-4-18)15-20-7-8-22(24)30(20)11-2-10-29(12-14-35)16-23(31)27-9-13-34;;/h3-6,20-22,24,34-35H,2,7-17H2,1H3,(H,27,31)(H,28,32);;/q;-2;+5/t20?,21-,22-,24+;;/m1../s1. The minimum atomic E-state index is -0.264. The monoisotopic (exact) mass is 639 g/mol. The summed E-state index contributed by atoms with van der Waals surface area (Å²) in [6.07, 6.45) is 3.82. The minimum absolute atomic E-state index is 0. The topological polar surface area (TPSA) is 102 Å². The molecule has 2 saturated heterocycles. The normalized spacial score (nSPS) is 22.7. The first-order valence-electron chi connectivity index (χ1n) is 12.5. The van der Waals surface area contributed by atoms with Gasteiger partial charge in [-0.2, -0.15) is 25.3 Å². The molecular formula is C25H39FN4O4S2Tc+3. The third kappa shape index (κ3) is 9.76. The smallest absolute Gasteiger partial charge is 2.00 e. The second kappa shape index (κ2) is 17.8. The zero-order valence-electron chi connectivity index (χ0n) is 21.3. The molecule has 0 aliphatic carbocycles. The van der Waals surface area contributed by atoms with Gasteiger partial charge in [0.15, 0.2) is 0 Å². The molecule has 3 rings (SSSR count). The molecule has 1 unspecified atom stereocenters. The van der Waals surface area contributed by atoms with Crippen LogP contribution >= 0.6 is 25.3 Å². The quantitative estimate of drug-likeness (QED) is 0.184. The van der Waals surface area contributed by atoms with Gasteiger partial charge in [-0.3, -0.25) is 19.4 Å². The molecular weight excluding hydrogens is 601 g/mol. The maximum Gasteiger partial charge on any atom is 5.00 e. The number of hydrogen-bond donors (Lipinski definition) is 4. The zero-order valence-corrected chi connectivity index (χ0v) is 24.9. The average Bonchev–Trinajstić information content (AvgIpc) is 3.12. The number of carbonyl (C=O) groups is 2. The number of carbonyl (C=O) groups excluding carboxylic acids is 2. The van der Waals surface area contributed by atoms with Crippen LogP contribution in [0.1, 0.15) is 37.2 Å². The van der Waals surface area contributed by atoms with Crippen molar-refractivity contribution in [2.45, 2.75) is 43.7 Å². The molecule has 2 fully saturated rings. The Labute approximate surface area is 244 Å². The van der Waals surface area contributed by atoms with E-state index in [-0.39, 0.29) is 67.8 Å². The van der Waals surface area contributed by atoms with Crippen molar-refractivity contribution in [1.29, 1.82) is 0 Å². The Balaban J connectivity index is 0.00000342. The zero-order chi connectivity index (χ0) is 25.2. The van der Waals surface area contributed by atoms with E-state index in [1.807, 2.05) is 12.1 Å². The van der Waals surface area contributed by atoms with Crippen LogP contribution in [-0.2, 0) is 39.9 Å². The molecule has 2 aliphatic heterocycles. The number of rotatable bonds is 14. The van der Waals surface area contributed by atoms with Crippen molar-refractivity contribution < 1.29 is 44.3 Å². The molecule has 0 saturated carbocycles. The van der Waals surface area contributed by atoms with Crippen LogP contribution in [0.4, 0.5) is 4.39 Å². The number of halogens is 1. The summed E-state index contributed by atoms with van der Waals surface area (Å²) in [5.41, 5.74) is 1.02. The summed E-state index contributed by atoms with van der Waals surface area (Å²) in [4.78, 5) is 30.1. The maximum absolute atomic E-state index is 13.6. The third-order valence-electron chi connectivity index (χ3n) is 7.16. The summed E-state index contributed by atoms with van der Waals surface area (Å²) in [6, 6.07) is 7.14. The molecule has 2 aliphatic rings. The van der Waals surface area contributed by atoms with Crippen LogP contribution in [0, 0.1) is 11.7 Å². The van der Waals surface area contributed by atoms with Gasteiger partial charge in [-0.15, -0.1) is 0 Å². The average molecular weight is 641 g/mol. The molecule has 2 bridgehead atoms. The van der Waals surface area contributed by atoms with Gasteiger partial charge in [0.2, 0.25) is 11.8 Å². The van der Waals surface area contributed by atoms with E-state index in [2.05, 4.69) is 45.7 Å². The van der Waals surface area contributed by atoms with Gasteiger partial charge in [0, 0.05) is 43.8 Å². The van der Waals surface area contributed by atoms with Gasteiger partial charge in [0.25, 0.3) is 0 Å². The Morgan fingerprint density at radius 3 is 2.51 bits per heavy atom. The summed E-state index contributed by atoms with van der Waals surface area (Å²) in [5.74, 6) is 0.890. The fourth-order valence-electron chi connectivity index (χ4n) is 5.68. The van der Waals surface area contributed by atoms with Crippen molar-refractivity contribution >= 4 is 37.1 Å². The fourth-order valence-corrected chi connectivity index (χ4v) is 6.07. The van der Waals surface area contributed by atoms with Crippen LogP contribution in [-0.4, -0.2) is 91.8 Å². The van der Waals surface area contributed by atoms with E-state index in [4.69, 9.17) is 4.74 Å². The number of fused-ring (bicyclic) bond motifs is 2. The molecule has 0 radical (unpaired) electrons. The summed E-state index contributed by atoms with van der Waals surface area (Å²) < 4.78 is 18.7. The van der Waals surface area contributed by atoms with Crippen LogP contribution in [0.25, 0.3) is 0 Å². The van der Waals surface area contributed by atoms with E-state index in [9.17, 15) is 14.0 Å². The molecule has 12 heteroatoms. The van der Waals surface area contributed by atoms with Crippen molar-refractivity contribution in [1.82, 2.24) is 20.4 Å². The number of nitrogens with one attached hydrogen (secondary N) is 2. The van der Waals surface area contributed by atoms with Gasteiger partial charge >= 0.3 is 20.1 Å². The maximum atomic E-state index is 13.6. The number of piperidine rings is 1. The van der Waals surface area contributed by atoms with E-state index < -0.39 is 0 Å². The van der Waals surface area contributed by atoms with Gasteiger partial charge in [0.05, 0.1) is 12.5 Å². The van der Waals surface area contributed by atoms with E-state index >= 15 is 0 Å². The largest absolute Gasteiger partial charge is 5.00 e. The van der Waals surface area contributed by atoms with Crippen LogP contribution in [0.15, 0.2) is 24.3 Å². The van der Waals surface area contributed by atoms with E-state index in [1.165, 1.54) is 12.1 Å². The Morgan fingerprint density at radius 2 is 1.86 bits per heavy atom. The second-order valence-corrected chi connectivity index (χ2v) is 10.3. The molecule has 1 aromatic rings. The predicted octanol–water partition coefficient (Wildman–Crippen LogP) is 2.03. The predicted molar refractivity (Wildman–Crippen MR) is 143 cm³/mol. The van der Waals surface area contributed by atoms with Gasteiger partial charge in [-0.05, 0) is 62.4 Å². The first-order chi connectivity index (χ1) is 17.0. The Morgan fingerprint density at radius 1 is 1.14 bits per heavy atom. The minimum Gasteiger partial charge on any atom is -2.00 e. The summed E-state index contributed by atoms with van der Waals surface area (Å²) in [5, 5.41) is 5.79. The number of hydrogen-bond acceptors (Lipinski definition) is 7. The first-order valence-corrected chi connectivity index (χ1v) is 13.7. The second-order valence-electron chi connectivity index (χ2n) is 9.36. The SMILES string of the molecule is COCNC(=O)[C@H]1[C@@H](c2ccc(F)cc2)CC2CC[C@H]1N2CCCN(CCS)CC(=O)NCCS.[O-2].[Tc+5]. The number of methoxy groups -OCH3 is 1. The van der Waals surface area contributed by atoms with Crippen LogP contribution in [0.2, 0.25) is 0 Å². The molecule has 0 aromatic heterocycles. The Bertz CT molecular complexity index is 826. The van der Waals surface area contributed by atoms with E-state index in [0.717, 1.165) is 50.9 Å².